The summed E-state index contributed by atoms with van der Waals surface area (Å²) in [5.41, 5.74) is 0. The Kier molecular flexibility index (Phi) is 6.80. The van der Waals surface area contributed by atoms with Crippen LogP contribution in [0.3, 0.4) is 0 Å². The molecule has 1 N–H and O–H groups in total. The molecule has 0 saturated carbocycles. The van der Waals surface area contributed by atoms with Crippen LogP contribution in [0.15, 0.2) is 18.2 Å². The molecule has 16 heavy (non-hydrogen) atoms. The van der Waals surface area contributed by atoms with Crippen molar-refractivity contribution in [1.82, 2.24) is 5.32 Å². The van der Waals surface area contributed by atoms with E-state index in [0.717, 1.165) is 11.0 Å². The second-order valence-electron chi connectivity index (χ2n) is 3.46. The summed E-state index contributed by atoms with van der Waals surface area (Å²) in [5.74, 6) is 0.710. The Balaban J connectivity index is 2.32. The number of ether oxygens (including phenoxy) is 1. The highest BCUT2D eigenvalue weighted by atomic mass is 127. The first-order chi connectivity index (χ1) is 7.61. The maximum atomic E-state index is 5.85. The van der Waals surface area contributed by atoms with Crippen molar-refractivity contribution in [3.05, 3.63) is 28.2 Å². The zero-order chi connectivity index (χ0) is 12.0. The van der Waals surface area contributed by atoms with Gasteiger partial charge in [-0.25, -0.2) is 0 Å². The van der Waals surface area contributed by atoms with E-state index in [1.807, 2.05) is 0 Å². The van der Waals surface area contributed by atoms with Crippen molar-refractivity contribution in [2.75, 3.05) is 17.6 Å². The third kappa shape index (κ3) is 5.57. The van der Waals surface area contributed by atoms with Crippen LogP contribution in [0.25, 0.3) is 0 Å². The lowest BCUT2D eigenvalue weighted by Crippen LogP contribution is -2.31. The summed E-state index contributed by atoms with van der Waals surface area (Å²) < 4.78 is 6.61. The van der Waals surface area contributed by atoms with Gasteiger partial charge in [0.15, 0.2) is 0 Å². The SMILES string of the molecule is CC(CI)NCCOc1cc(Cl)cc(Cl)c1. The van der Waals surface area contributed by atoms with Gasteiger partial charge in [0.05, 0.1) is 0 Å². The molecule has 0 saturated heterocycles. The van der Waals surface area contributed by atoms with Crippen LogP contribution in [0.5, 0.6) is 5.75 Å². The van der Waals surface area contributed by atoms with Crippen LogP contribution in [-0.2, 0) is 0 Å². The summed E-state index contributed by atoms with van der Waals surface area (Å²) in [6.07, 6.45) is 0. The second-order valence-corrected chi connectivity index (χ2v) is 5.22. The van der Waals surface area contributed by atoms with Gasteiger partial charge in [-0.05, 0) is 25.1 Å². The van der Waals surface area contributed by atoms with Crippen molar-refractivity contribution < 1.29 is 4.74 Å². The number of hydrogen-bond acceptors (Lipinski definition) is 2. The molecule has 1 unspecified atom stereocenters. The Hall–Kier alpha value is 0.290. The smallest absolute Gasteiger partial charge is 0.122 e. The number of nitrogens with one attached hydrogen (secondary N) is 1. The molecule has 0 aliphatic carbocycles. The molecule has 90 valence electrons. The standard InChI is InChI=1S/C11H14Cl2INO/c1-8(7-14)15-2-3-16-11-5-9(12)4-10(13)6-11/h4-6,8,15H,2-3,7H2,1H3. The largest absolute Gasteiger partial charge is 0.492 e. The molecular weight excluding hydrogens is 360 g/mol. The summed E-state index contributed by atoms with van der Waals surface area (Å²) in [6.45, 7) is 3.56. The van der Waals surface area contributed by atoms with Crippen molar-refractivity contribution in [3.63, 3.8) is 0 Å². The van der Waals surface area contributed by atoms with Crippen LogP contribution in [0.2, 0.25) is 10.0 Å². The Labute approximate surface area is 120 Å². The summed E-state index contributed by atoms with van der Waals surface area (Å²) in [5, 5.41) is 4.52. The summed E-state index contributed by atoms with van der Waals surface area (Å²) in [6, 6.07) is 5.71. The molecule has 0 aliphatic heterocycles. The van der Waals surface area contributed by atoms with Gasteiger partial charge in [0.2, 0.25) is 0 Å². The van der Waals surface area contributed by atoms with Gasteiger partial charge >= 0.3 is 0 Å². The average Bonchev–Trinajstić information content (AvgIpc) is 2.22. The number of alkyl halides is 1. The number of halogens is 3. The van der Waals surface area contributed by atoms with Crippen LogP contribution >= 0.6 is 45.8 Å². The molecule has 5 heteroatoms. The molecular formula is C11H14Cl2INO. The van der Waals surface area contributed by atoms with Crippen molar-refractivity contribution in [2.45, 2.75) is 13.0 Å². The van der Waals surface area contributed by atoms with Gasteiger partial charge in [-0.1, -0.05) is 45.8 Å². The van der Waals surface area contributed by atoms with Crippen molar-refractivity contribution in [2.24, 2.45) is 0 Å². The highest BCUT2D eigenvalue weighted by Gasteiger charge is 2.00. The first-order valence-electron chi connectivity index (χ1n) is 5.00. The highest BCUT2D eigenvalue weighted by Crippen LogP contribution is 2.23. The second kappa shape index (κ2) is 7.58. The Bertz CT molecular complexity index is 316. The summed E-state index contributed by atoms with van der Waals surface area (Å²) >= 11 is 14.1. The highest BCUT2D eigenvalue weighted by molar-refractivity contribution is 14.1. The maximum Gasteiger partial charge on any atom is 0.122 e. The topological polar surface area (TPSA) is 21.3 Å². The predicted molar refractivity (Wildman–Crippen MR) is 78.3 cm³/mol. The van der Waals surface area contributed by atoms with Crippen LogP contribution in [0, 0.1) is 0 Å². The monoisotopic (exact) mass is 373 g/mol. The van der Waals surface area contributed by atoms with E-state index in [1.165, 1.54) is 0 Å². The molecule has 1 aromatic rings. The lowest BCUT2D eigenvalue weighted by atomic mass is 10.3. The van der Waals surface area contributed by atoms with Crippen LogP contribution in [0.4, 0.5) is 0 Å². The molecule has 0 heterocycles. The first kappa shape index (κ1) is 14.4. The number of hydrogen-bond donors (Lipinski definition) is 1. The Morgan fingerprint density at radius 2 is 1.94 bits per heavy atom. The lowest BCUT2D eigenvalue weighted by molar-refractivity contribution is 0.309. The average molecular weight is 374 g/mol. The van der Waals surface area contributed by atoms with Gasteiger partial charge < -0.3 is 10.1 Å². The molecule has 0 aromatic heterocycles. The molecule has 0 aliphatic rings. The van der Waals surface area contributed by atoms with Crippen LogP contribution < -0.4 is 10.1 Å². The molecule has 0 spiro atoms. The molecule has 0 radical (unpaired) electrons. The van der Waals surface area contributed by atoms with E-state index in [4.69, 9.17) is 27.9 Å². The van der Waals surface area contributed by atoms with E-state index in [2.05, 4.69) is 34.8 Å². The normalized spacial score (nSPS) is 12.5. The van der Waals surface area contributed by atoms with E-state index in [9.17, 15) is 0 Å². The van der Waals surface area contributed by atoms with Crippen molar-refractivity contribution >= 4 is 45.8 Å². The molecule has 1 atom stereocenters. The molecule has 1 aromatic carbocycles. The summed E-state index contributed by atoms with van der Waals surface area (Å²) in [7, 11) is 0. The summed E-state index contributed by atoms with van der Waals surface area (Å²) in [4.78, 5) is 0. The van der Waals surface area contributed by atoms with Crippen LogP contribution in [-0.4, -0.2) is 23.6 Å². The fourth-order valence-electron chi connectivity index (χ4n) is 1.14. The maximum absolute atomic E-state index is 5.85. The molecule has 1 rings (SSSR count). The Morgan fingerprint density at radius 1 is 1.31 bits per heavy atom. The van der Waals surface area contributed by atoms with Crippen molar-refractivity contribution in [3.8, 4) is 5.75 Å². The number of rotatable bonds is 6. The minimum absolute atomic E-state index is 0.507. The fourth-order valence-corrected chi connectivity index (χ4v) is 1.96. The van der Waals surface area contributed by atoms with Crippen molar-refractivity contribution in [1.29, 1.82) is 0 Å². The quantitative estimate of drug-likeness (QED) is 0.465. The molecule has 2 nitrogen and oxygen atoms in total. The number of benzene rings is 1. The fraction of sp³-hybridized carbons (Fsp3) is 0.455. The minimum Gasteiger partial charge on any atom is -0.492 e. The van der Waals surface area contributed by atoms with E-state index in [0.29, 0.717) is 28.4 Å². The van der Waals surface area contributed by atoms with Gasteiger partial charge in [-0.2, -0.15) is 0 Å². The Morgan fingerprint density at radius 3 is 2.50 bits per heavy atom. The third-order valence-electron chi connectivity index (χ3n) is 1.93. The van der Waals surface area contributed by atoms with Gasteiger partial charge in [-0.15, -0.1) is 0 Å². The van der Waals surface area contributed by atoms with Gasteiger partial charge in [0.1, 0.15) is 12.4 Å². The van der Waals surface area contributed by atoms with Crippen LogP contribution in [0.1, 0.15) is 6.92 Å². The zero-order valence-electron chi connectivity index (χ0n) is 8.97. The molecule has 0 fully saturated rings. The predicted octanol–water partition coefficient (Wildman–Crippen LogP) is 3.79. The van der Waals surface area contributed by atoms with E-state index >= 15 is 0 Å². The van der Waals surface area contributed by atoms with E-state index in [-0.39, 0.29) is 0 Å². The van der Waals surface area contributed by atoms with E-state index in [1.54, 1.807) is 18.2 Å². The van der Waals surface area contributed by atoms with E-state index < -0.39 is 0 Å². The zero-order valence-corrected chi connectivity index (χ0v) is 12.6. The first-order valence-corrected chi connectivity index (χ1v) is 7.28. The van der Waals surface area contributed by atoms with Gasteiger partial charge in [-0.3, -0.25) is 0 Å². The van der Waals surface area contributed by atoms with Gasteiger partial charge in [0.25, 0.3) is 0 Å². The molecule has 0 bridgehead atoms. The minimum atomic E-state index is 0.507. The lowest BCUT2D eigenvalue weighted by Gasteiger charge is -2.11. The molecule has 0 amide bonds. The van der Waals surface area contributed by atoms with Gasteiger partial charge in [0, 0.05) is 27.1 Å². The third-order valence-corrected chi connectivity index (χ3v) is 3.69.